The highest BCUT2D eigenvalue weighted by Gasteiger charge is 1.81. The van der Waals surface area contributed by atoms with Gasteiger partial charge in [-0.25, -0.2) is 0 Å². The van der Waals surface area contributed by atoms with Gasteiger partial charge in [-0.3, -0.25) is 0 Å². The largest absolute Gasteiger partial charge is 0.373 e. The summed E-state index contributed by atoms with van der Waals surface area (Å²) in [7, 11) is 0. The average molecular weight is 153 g/mol. The van der Waals surface area contributed by atoms with Gasteiger partial charge in [-0.15, -0.1) is 0 Å². The summed E-state index contributed by atoms with van der Waals surface area (Å²) in [5.41, 5.74) is 0. The molecule has 0 saturated heterocycles. The van der Waals surface area contributed by atoms with Crippen molar-refractivity contribution < 1.29 is 0 Å². The van der Waals surface area contributed by atoms with Crippen LogP contribution < -0.4 is 5.32 Å². The van der Waals surface area contributed by atoms with Crippen LogP contribution in [0.2, 0.25) is 0 Å². The summed E-state index contributed by atoms with van der Waals surface area (Å²) in [6.45, 7) is 7.77. The van der Waals surface area contributed by atoms with E-state index in [4.69, 9.17) is 12.2 Å². The summed E-state index contributed by atoms with van der Waals surface area (Å²) in [6, 6.07) is 0. The van der Waals surface area contributed by atoms with Gasteiger partial charge < -0.3 is 5.32 Å². The van der Waals surface area contributed by atoms with Gasteiger partial charge in [0.25, 0.3) is 0 Å². The minimum Gasteiger partial charge on any atom is -0.373 e. The van der Waals surface area contributed by atoms with E-state index in [9.17, 15) is 0 Å². The highest BCUT2D eigenvalue weighted by molar-refractivity contribution is 7.80. The average Bonchev–Trinajstić information content (AvgIpc) is 1.98. The molecule has 0 amide bonds. The van der Waals surface area contributed by atoms with Crippen LogP contribution in [0.1, 0.15) is 0 Å². The number of rotatable bonds is 4. The minimum absolute atomic E-state index is 0.675. The third-order valence-electron chi connectivity index (χ3n) is 0.852. The standard InChI is InChI=1S/C8H11NS/c1-3-5-6-7-9-8(10)4-2/h3-6H,1-2,7H2,(H,9,10)/b6-5+. The SMILES string of the molecule is C=C/C=C/CNC(=S)C=C. The molecule has 0 aromatic rings. The van der Waals surface area contributed by atoms with Crippen LogP contribution in [0, 0.1) is 0 Å². The molecule has 0 saturated carbocycles. The molecule has 0 rings (SSSR count). The molecule has 0 radical (unpaired) electrons. The van der Waals surface area contributed by atoms with E-state index in [2.05, 4.69) is 18.5 Å². The maximum Gasteiger partial charge on any atom is 0.0984 e. The molecule has 0 bridgehead atoms. The highest BCUT2D eigenvalue weighted by Crippen LogP contribution is 1.74. The Balaban J connectivity index is 3.36. The monoisotopic (exact) mass is 153 g/mol. The molecule has 10 heavy (non-hydrogen) atoms. The molecule has 0 atom stereocenters. The van der Waals surface area contributed by atoms with E-state index in [0.29, 0.717) is 4.99 Å². The van der Waals surface area contributed by atoms with Crippen molar-refractivity contribution in [2.24, 2.45) is 0 Å². The van der Waals surface area contributed by atoms with Crippen LogP contribution in [0.25, 0.3) is 0 Å². The summed E-state index contributed by atoms with van der Waals surface area (Å²) in [6.07, 6.45) is 7.12. The van der Waals surface area contributed by atoms with E-state index in [1.54, 1.807) is 12.2 Å². The Hall–Kier alpha value is -0.890. The van der Waals surface area contributed by atoms with Crippen LogP contribution in [-0.4, -0.2) is 11.5 Å². The molecule has 0 spiro atoms. The van der Waals surface area contributed by atoms with E-state index < -0.39 is 0 Å². The van der Waals surface area contributed by atoms with Crippen LogP contribution in [-0.2, 0) is 0 Å². The van der Waals surface area contributed by atoms with Crippen molar-refractivity contribution in [3.05, 3.63) is 37.5 Å². The first-order chi connectivity index (χ1) is 4.81. The van der Waals surface area contributed by atoms with E-state index >= 15 is 0 Å². The van der Waals surface area contributed by atoms with Gasteiger partial charge in [-0.2, -0.15) is 0 Å². The molecule has 0 unspecified atom stereocenters. The number of nitrogens with one attached hydrogen (secondary N) is 1. The molecule has 2 heteroatoms. The van der Waals surface area contributed by atoms with Gasteiger partial charge >= 0.3 is 0 Å². The third-order valence-corrected chi connectivity index (χ3v) is 1.16. The van der Waals surface area contributed by atoms with Crippen molar-refractivity contribution in [3.8, 4) is 0 Å². The molecule has 1 nitrogen and oxygen atoms in total. The van der Waals surface area contributed by atoms with E-state index in [-0.39, 0.29) is 0 Å². The van der Waals surface area contributed by atoms with E-state index in [0.717, 1.165) is 6.54 Å². The first kappa shape index (κ1) is 9.11. The van der Waals surface area contributed by atoms with E-state index in [1.807, 2.05) is 12.2 Å². The Morgan fingerprint density at radius 2 is 2.20 bits per heavy atom. The Labute approximate surface area is 67.1 Å². The first-order valence-electron chi connectivity index (χ1n) is 2.99. The molecule has 0 heterocycles. The Bertz CT molecular complexity index is 159. The smallest absolute Gasteiger partial charge is 0.0984 e. The summed E-state index contributed by atoms with van der Waals surface area (Å²) in [5, 5.41) is 2.95. The predicted molar refractivity (Wildman–Crippen MR) is 50.1 cm³/mol. The van der Waals surface area contributed by atoms with Crippen molar-refractivity contribution in [3.63, 3.8) is 0 Å². The van der Waals surface area contributed by atoms with Gasteiger partial charge in [0, 0.05) is 6.54 Å². The maximum atomic E-state index is 4.82. The van der Waals surface area contributed by atoms with E-state index in [1.165, 1.54) is 0 Å². The molecule has 0 aromatic heterocycles. The molecule has 0 aliphatic carbocycles. The molecule has 54 valence electrons. The fourth-order valence-electron chi connectivity index (χ4n) is 0.396. The lowest BCUT2D eigenvalue weighted by Crippen LogP contribution is -2.18. The van der Waals surface area contributed by atoms with Gasteiger partial charge in [-0.1, -0.05) is 43.6 Å². The molecular weight excluding hydrogens is 142 g/mol. The summed E-state index contributed by atoms with van der Waals surface area (Å²) in [5.74, 6) is 0. The van der Waals surface area contributed by atoms with Gasteiger partial charge in [0.15, 0.2) is 0 Å². The molecule has 0 fully saturated rings. The first-order valence-corrected chi connectivity index (χ1v) is 3.40. The second-order valence-corrected chi connectivity index (χ2v) is 2.05. The summed E-state index contributed by atoms with van der Waals surface area (Å²) < 4.78 is 0. The normalized spacial score (nSPS) is 9.20. The Morgan fingerprint density at radius 3 is 2.70 bits per heavy atom. The summed E-state index contributed by atoms with van der Waals surface area (Å²) in [4.78, 5) is 0.675. The van der Waals surface area contributed by atoms with Crippen molar-refractivity contribution in [1.29, 1.82) is 0 Å². The van der Waals surface area contributed by atoms with Gasteiger partial charge in [0.05, 0.1) is 4.99 Å². The number of hydrogen-bond donors (Lipinski definition) is 1. The number of thiocarbonyl (C=S) groups is 1. The van der Waals surface area contributed by atoms with Crippen LogP contribution >= 0.6 is 12.2 Å². The molecule has 0 aliphatic rings. The van der Waals surface area contributed by atoms with Crippen LogP contribution in [0.5, 0.6) is 0 Å². The van der Waals surface area contributed by atoms with Crippen molar-refractivity contribution in [2.75, 3.05) is 6.54 Å². The third kappa shape index (κ3) is 5.25. The van der Waals surface area contributed by atoms with Crippen LogP contribution in [0.15, 0.2) is 37.5 Å². The molecule has 0 aliphatic heterocycles. The second-order valence-electron chi connectivity index (χ2n) is 1.61. The van der Waals surface area contributed by atoms with Crippen LogP contribution in [0.4, 0.5) is 0 Å². The maximum absolute atomic E-state index is 4.82. The lowest BCUT2D eigenvalue weighted by molar-refractivity contribution is 1.07. The number of hydrogen-bond acceptors (Lipinski definition) is 1. The fraction of sp³-hybridized carbons (Fsp3) is 0.125. The van der Waals surface area contributed by atoms with Crippen molar-refractivity contribution in [2.45, 2.75) is 0 Å². The molecule has 1 N–H and O–H groups in total. The zero-order chi connectivity index (χ0) is 7.82. The van der Waals surface area contributed by atoms with Crippen molar-refractivity contribution in [1.82, 2.24) is 5.32 Å². The Kier molecular flexibility index (Phi) is 5.68. The zero-order valence-corrected chi connectivity index (χ0v) is 6.66. The molecule has 0 aromatic carbocycles. The summed E-state index contributed by atoms with van der Waals surface area (Å²) >= 11 is 4.82. The van der Waals surface area contributed by atoms with Gasteiger partial charge in [-0.05, 0) is 6.08 Å². The Morgan fingerprint density at radius 1 is 1.50 bits per heavy atom. The zero-order valence-electron chi connectivity index (χ0n) is 5.84. The minimum atomic E-state index is 0.675. The lowest BCUT2D eigenvalue weighted by atomic mass is 10.4. The number of allylic oxidation sites excluding steroid dienone is 2. The van der Waals surface area contributed by atoms with Gasteiger partial charge in [0.2, 0.25) is 0 Å². The molecular formula is C8H11NS. The van der Waals surface area contributed by atoms with Crippen molar-refractivity contribution >= 4 is 17.2 Å². The fourth-order valence-corrected chi connectivity index (χ4v) is 0.479. The lowest BCUT2D eigenvalue weighted by Gasteiger charge is -1.96. The predicted octanol–water partition coefficient (Wildman–Crippen LogP) is 1.83. The van der Waals surface area contributed by atoms with Gasteiger partial charge in [0.1, 0.15) is 0 Å². The second kappa shape index (κ2) is 6.23. The quantitative estimate of drug-likeness (QED) is 0.376. The van der Waals surface area contributed by atoms with Crippen LogP contribution in [0.3, 0.4) is 0 Å². The highest BCUT2D eigenvalue weighted by atomic mass is 32.1. The topological polar surface area (TPSA) is 12.0 Å².